The van der Waals surface area contributed by atoms with E-state index in [-0.39, 0.29) is 0 Å². The van der Waals surface area contributed by atoms with Gasteiger partial charge in [-0.15, -0.1) is 0 Å². The molecule has 1 aromatic heterocycles. The number of anilines is 3. The second-order valence-corrected chi connectivity index (χ2v) is 5.26. The Morgan fingerprint density at radius 2 is 1.91 bits per heavy atom. The quantitative estimate of drug-likeness (QED) is 0.852. The summed E-state index contributed by atoms with van der Waals surface area (Å²) in [5, 5.41) is 15.2. The molecule has 0 radical (unpaired) electrons. The molecule has 2 rings (SSSR count). The van der Waals surface area contributed by atoms with Gasteiger partial charge in [-0.2, -0.15) is 10.2 Å². The van der Waals surface area contributed by atoms with Crippen molar-refractivity contribution >= 4 is 17.5 Å². The van der Waals surface area contributed by atoms with Crippen LogP contribution in [0.2, 0.25) is 0 Å². The van der Waals surface area contributed by atoms with E-state index >= 15 is 0 Å². The molecular weight excluding hydrogens is 276 g/mol. The number of nitriles is 1. The SMILES string of the molecule is Cc1cc(Nc2ccc(C#N)cc2)nc(NCCN(C)C)n1. The van der Waals surface area contributed by atoms with E-state index in [1.165, 1.54) is 0 Å². The standard InChI is InChI=1S/C16H20N6/c1-12-10-15(20-14-6-4-13(11-17)5-7-14)21-16(19-12)18-8-9-22(2)3/h4-7,10H,8-9H2,1-3H3,(H2,18,19,20,21). The van der Waals surface area contributed by atoms with Gasteiger partial charge in [-0.25, -0.2) is 4.98 Å². The maximum atomic E-state index is 8.81. The van der Waals surface area contributed by atoms with Gasteiger partial charge < -0.3 is 15.5 Å². The zero-order valence-electron chi connectivity index (χ0n) is 13.1. The van der Waals surface area contributed by atoms with Gasteiger partial charge in [-0.1, -0.05) is 0 Å². The molecule has 22 heavy (non-hydrogen) atoms. The van der Waals surface area contributed by atoms with E-state index in [1.54, 1.807) is 12.1 Å². The van der Waals surface area contributed by atoms with Gasteiger partial charge in [0, 0.05) is 30.5 Å². The first kappa shape index (κ1) is 15.7. The predicted octanol–water partition coefficient (Wildman–Crippen LogP) is 2.37. The zero-order chi connectivity index (χ0) is 15.9. The Morgan fingerprint density at radius 1 is 1.18 bits per heavy atom. The van der Waals surface area contributed by atoms with E-state index in [4.69, 9.17) is 5.26 Å². The fraction of sp³-hybridized carbons (Fsp3) is 0.312. The van der Waals surface area contributed by atoms with Crippen LogP contribution in [0.3, 0.4) is 0 Å². The van der Waals surface area contributed by atoms with Crippen molar-refractivity contribution in [3.05, 3.63) is 41.6 Å². The van der Waals surface area contributed by atoms with Crippen molar-refractivity contribution in [2.75, 3.05) is 37.8 Å². The maximum absolute atomic E-state index is 8.81. The Morgan fingerprint density at radius 3 is 2.55 bits per heavy atom. The normalized spacial score (nSPS) is 10.3. The van der Waals surface area contributed by atoms with Gasteiger partial charge in [0.1, 0.15) is 5.82 Å². The predicted molar refractivity (Wildman–Crippen MR) is 88.3 cm³/mol. The van der Waals surface area contributed by atoms with Crippen molar-refractivity contribution in [2.24, 2.45) is 0 Å². The molecule has 0 saturated heterocycles. The molecule has 0 aliphatic rings. The van der Waals surface area contributed by atoms with Crippen LogP contribution < -0.4 is 10.6 Å². The summed E-state index contributed by atoms with van der Waals surface area (Å²) in [6.45, 7) is 3.63. The number of nitrogens with one attached hydrogen (secondary N) is 2. The van der Waals surface area contributed by atoms with E-state index in [0.717, 1.165) is 30.3 Å². The van der Waals surface area contributed by atoms with Crippen LogP contribution in [-0.2, 0) is 0 Å². The van der Waals surface area contributed by atoms with Crippen molar-refractivity contribution in [2.45, 2.75) is 6.92 Å². The molecule has 1 heterocycles. The lowest BCUT2D eigenvalue weighted by atomic mass is 10.2. The number of nitrogens with zero attached hydrogens (tertiary/aromatic N) is 4. The Hall–Kier alpha value is -2.65. The van der Waals surface area contributed by atoms with E-state index < -0.39 is 0 Å². The summed E-state index contributed by atoms with van der Waals surface area (Å²) < 4.78 is 0. The van der Waals surface area contributed by atoms with Gasteiger partial charge in [0.2, 0.25) is 5.95 Å². The van der Waals surface area contributed by atoms with Gasteiger partial charge in [0.05, 0.1) is 11.6 Å². The number of aromatic nitrogens is 2. The fourth-order valence-electron chi connectivity index (χ4n) is 1.88. The Kier molecular flexibility index (Phi) is 5.28. The number of rotatable bonds is 6. The Labute approximate surface area is 130 Å². The largest absolute Gasteiger partial charge is 0.353 e. The molecule has 0 spiro atoms. The highest BCUT2D eigenvalue weighted by Gasteiger charge is 2.03. The van der Waals surface area contributed by atoms with Crippen LogP contribution in [0.15, 0.2) is 30.3 Å². The van der Waals surface area contributed by atoms with Gasteiger partial charge in [0.15, 0.2) is 0 Å². The first-order valence-electron chi connectivity index (χ1n) is 7.08. The number of benzene rings is 1. The number of hydrogen-bond donors (Lipinski definition) is 2. The Bertz CT molecular complexity index is 657. The van der Waals surface area contributed by atoms with Gasteiger partial charge in [-0.05, 0) is 45.3 Å². The number of likely N-dealkylation sites (N-methyl/N-ethyl adjacent to an activating group) is 1. The molecule has 6 heteroatoms. The van der Waals surface area contributed by atoms with Gasteiger partial charge in [0.25, 0.3) is 0 Å². The first-order chi connectivity index (χ1) is 10.6. The molecule has 0 bridgehead atoms. The minimum absolute atomic E-state index is 0.609. The van der Waals surface area contributed by atoms with Crippen LogP contribution in [0.25, 0.3) is 0 Å². The van der Waals surface area contributed by atoms with Crippen LogP contribution >= 0.6 is 0 Å². The molecule has 0 unspecified atom stereocenters. The third-order valence-electron chi connectivity index (χ3n) is 2.98. The smallest absolute Gasteiger partial charge is 0.224 e. The van der Waals surface area contributed by atoms with Crippen molar-refractivity contribution in [3.63, 3.8) is 0 Å². The monoisotopic (exact) mass is 296 g/mol. The fourth-order valence-corrected chi connectivity index (χ4v) is 1.88. The van der Waals surface area contributed by atoms with Crippen molar-refractivity contribution in [1.29, 1.82) is 5.26 Å². The summed E-state index contributed by atoms with van der Waals surface area (Å²) in [6, 6.07) is 11.2. The van der Waals surface area contributed by atoms with Crippen molar-refractivity contribution < 1.29 is 0 Å². The number of hydrogen-bond acceptors (Lipinski definition) is 6. The minimum atomic E-state index is 0.609. The topological polar surface area (TPSA) is 76.9 Å². The van der Waals surface area contributed by atoms with Crippen LogP contribution in [0.1, 0.15) is 11.3 Å². The van der Waals surface area contributed by atoms with Crippen LogP contribution in [0, 0.1) is 18.3 Å². The summed E-state index contributed by atoms with van der Waals surface area (Å²) in [7, 11) is 4.05. The maximum Gasteiger partial charge on any atom is 0.224 e. The third kappa shape index (κ3) is 4.72. The highest BCUT2D eigenvalue weighted by molar-refractivity contribution is 5.58. The molecule has 114 valence electrons. The zero-order valence-corrected chi connectivity index (χ0v) is 13.1. The van der Waals surface area contributed by atoms with E-state index in [0.29, 0.717) is 11.5 Å². The molecule has 2 N–H and O–H groups in total. The van der Waals surface area contributed by atoms with Crippen molar-refractivity contribution in [1.82, 2.24) is 14.9 Å². The first-order valence-corrected chi connectivity index (χ1v) is 7.08. The molecule has 0 aliphatic heterocycles. The van der Waals surface area contributed by atoms with Crippen LogP contribution in [-0.4, -0.2) is 42.1 Å². The summed E-state index contributed by atoms with van der Waals surface area (Å²) >= 11 is 0. The van der Waals surface area contributed by atoms with E-state index in [9.17, 15) is 0 Å². The van der Waals surface area contributed by atoms with Gasteiger partial charge in [-0.3, -0.25) is 0 Å². The highest BCUT2D eigenvalue weighted by Crippen LogP contribution is 2.17. The van der Waals surface area contributed by atoms with E-state index in [1.807, 2.05) is 39.2 Å². The van der Waals surface area contributed by atoms with Gasteiger partial charge >= 0.3 is 0 Å². The lowest BCUT2D eigenvalue weighted by Gasteiger charge is -2.12. The molecule has 0 atom stereocenters. The minimum Gasteiger partial charge on any atom is -0.353 e. The molecule has 0 aliphatic carbocycles. The van der Waals surface area contributed by atoms with E-state index in [2.05, 4.69) is 31.6 Å². The second kappa shape index (κ2) is 7.38. The van der Waals surface area contributed by atoms with Crippen LogP contribution in [0.4, 0.5) is 17.5 Å². The third-order valence-corrected chi connectivity index (χ3v) is 2.98. The molecule has 0 amide bonds. The van der Waals surface area contributed by atoms with Crippen molar-refractivity contribution in [3.8, 4) is 6.07 Å². The molecular formula is C16H20N6. The Balaban J connectivity index is 2.06. The molecule has 6 nitrogen and oxygen atoms in total. The lowest BCUT2D eigenvalue weighted by Crippen LogP contribution is -2.21. The average Bonchev–Trinajstić information content (AvgIpc) is 2.47. The molecule has 2 aromatic rings. The average molecular weight is 296 g/mol. The summed E-state index contributed by atoms with van der Waals surface area (Å²) in [6.07, 6.45) is 0. The molecule has 0 saturated carbocycles. The molecule has 0 fully saturated rings. The molecule has 1 aromatic carbocycles. The second-order valence-electron chi connectivity index (χ2n) is 5.26. The summed E-state index contributed by atoms with van der Waals surface area (Å²) in [5.41, 5.74) is 2.41. The summed E-state index contributed by atoms with van der Waals surface area (Å²) in [4.78, 5) is 10.9. The van der Waals surface area contributed by atoms with Crippen LogP contribution in [0.5, 0.6) is 0 Å². The number of aryl methyl sites for hydroxylation is 1. The summed E-state index contributed by atoms with van der Waals surface area (Å²) in [5.74, 6) is 1.34. The highest BCUT2D eigenvalue weighted by atomic mass is 15.2. The lowest BCUT2D eigenvalue weighted by molar-refractivity contribution is 0.425.